The monoisotopic (exact) mass is 431 g/mol. The fourth-order valence-corrected chi connectivity index (χ4v) is 4.50. The third kappa shape index (κ3) is 2.66. The Morgan fingerprint density at radius 2 is 1.06 bits per heavy atom. The Kier molecular flexibility index (Phi) is 2.25. The van der Waals surface area contributed by atoms with Crippen LogP contribution in [0.1, 0.15) is 15.1 Å². The first kappa shape index (κ1) is 10.5. The second-order valence-corrected chi connectivity index (χ2v) is 7.67. The second-order valence-electron chi connectivity index (χ2n) is 7.67. The van der Waals surface area contributed by atoms with Crippen LogP contribution in [0.3, 0.4) is 0 Å². The van der Waals surface area contributed by atoms with Gasteiger partial charge < -0.3 is 4.42 Å². The predicted molar refractivity (Wildman–Crippen MR) is 140 cm³/mol. The normalized spacial score (nSPS) is 16.3. The highest BCUT2D eigenvalue weighted by Gasteiger charge is 2.19. The SMILES string of the molecule is [2H]c1c([2H])c([2H])c2c(oc3ccccc32)c1-c1c2c([2H])c([2H])c([2H])c([2H])c2c(-c2ccccc2)c2c([2H])c([2H])c([2H])c([2H])c12. The molecule has 0 atom stereocenters. The van der Waals surface area contributed by atoms with E-state index in [9.17, 15) is 0 Å². The first-order valence-corrected chi connectivity index (χ1v) is 10.4. The lowest BCUT2D eigenvalue weighted by Crippen LogP contribution is -1.90. The highest BCUT2D eigenvalue weighted by molar-refractivity contribution is 6.24. The van der Waals surface area contributed by atoms with Crippen LogP contribution < -0.4 is 0 Å². The molecule has 0 amide bonds. The topological polar surface area (TPSA) is 13.1 Å². The Balaban J connectivity index is 1.91. The van der Waals surface area contributed by atoms with Crippen molar-refractivity contribution in [3.63, 3.8) is 0 Å². The van der Waals surface area contributed by atoms with Crippen LogP contribution in [0.5, 0.6) is 0 Å². The molecule has 0 aliphatic rings. The van der Waals surface area contributed by atoms with Crippen LogP contribution >= 0.6 is 0 Å². The standard InChI is InChI=1S/C32H20O/c1-2-11-21(12-3-1)30-23-14-4-6-16-25(23)31(26-17-7-5-15-24(26)30)28-19-10-18-27-22-13-8-9-20-29(22)33-32(27)28/h1-20H/i4D,5D,6D,7D,10D,14D,15D,16D,17D,18D,19D. The van der Waals surface area contributed by atoms with Gasteiger partial charge in [0, 0.05) is 21.9 Å². The van der Waals surface area contributed by atoms with Gasteiger partial charge in [0.1, 0.15) is 11.2 Å². The van der Waals surface area contributed by atoms with Gasteiger partial charge >= 0.3 is 0 Å². The highest BCUT2D eigenvalue weighted by atomic mass is 16.3. The van der Waals surface area contributed by atoms with E-state index < -0.39 is 60.4 Å². The van der Waals surface area contributed by atoms with Crippen molar-refractivity contribution in [2.45, 2.75) is 0 Å². The molecule has 0 N–H and O–H groups in total. The summed E-state index contributed by atoms with van der Waals surface area (Å²) in [6.45, 7) is 0. The zero-order valence-corrected chi connectivity index (χ0v) is 17.1. The Morgan fingerprint density at radius 1 is 0.485 bits per heavy atom. The molecule has 1 heteroatoms. The maximum atomic E-state index is 9.09. The summed E-state index contributed by atoms with van der Waals surface area (Å²) < 4.78 is 103. The van der Waals surface area contributed by atoms with Crippen molar-refractivity contribution in [2.75, 3.05) is 0 Å². The number of para-hydroxylation sites is 2. The van der Waals surface area contributed by atoms with Crippen LogP contribution in [0.4, 0.5) is 0 Å². The second kappa shape index (κ2) is 7.08. The van der Waals surface area contributed by atoms with E-state index in [1.807, 2.05) is 0 Å². The van der Waals surface area contributed by atoms with Gasteiger partial charge in [-0.3, -0.25) is 0 Å². The Labute approximate surface area is 207 Å². The average Bonchev–Trinajstić information content (AvgIpc) is 3.42. The van der Waals surface area contributed by atoms with Gasteiger partial charge in [-0.2, -0.15) is 0 Å². The Hall–Kier alpha value is -4.36. The minimum Gasteiger partial charge on any atom is -0.455 e. The molecular weight excluding hydrogens is 400 g/mol. The van der Waals surface area contributed by atoms with E-state index in [0.717, 1.165) is 0 Å². The van der Waals surface area contributed by atoms with Gasteiger partial charge in [0.05, 0.1) is 15.1 Å². The Bertz CT molecular complexity index is 2310. The van der Waals surface area contributed by atoms with Gasteiger partial charge in [0.2, 0.25) is 0 Å². The van der Waals surface area contributed by atoms with E-state index in [-0.39, 0.29) is 55.2 Å². The molecule has 0 aliphatic heterocycles. The molecular formula is C32H20O. The van der Waals surface area contributed by atoms with Crippen molar-refractivity contribution in [3.05, 3.63) is 121 Å². The summed E-state index contributed by atoms with van der Waals surface area (Å²) in [6.07, 6.45) is 0. The molecule has 0 bridgehead atoms. The highest BCUT2D eigenvalue weighted by Crippen LogP contribution is 2.46. The summed E-state index contributed by atoms with van der Waals surface area (Å²) in [5, 5.41) is 0.548. The summed E-state index contributed by atoms with van der Waals surface area (Å²) in [7, 11) is 0. The fourth-order valence-electron chi connectivity index (χ4n) is 4.50. The molecule has 0 radical (unpaired) electrons. The van der Waals surface area contributed by atoms with Gasteiger partial charge in [-0.25, -0.2) is 0 Å². The molecule has 0 saturated carbocycles. The predicted octanol–water partition coefficient (Wildman–Crippen LogP) is 9.23. The van der Waals surface area contributed by atoms with Gasteiger partial charge in [-0.1, -0.05) is 115 Å². The third-order valence-corrected chi connectivity index (χ3v) is 5.89. The minimum atomic E-state index is -0.571. The lowest BCUT2D eigenvalue weighted by atomic mass is 9.85. The van der Waals surface area contributed by atoms with Gasteiger partial charge in [0.15, 0.2) is 0 Å². The van der Waals surface area contributed by atoms with Crippen LogP contribution in [0.25, 0.3) is 65.7 Å². The van der Waals surface area contributed by atoms with Crippen LogP contribution in [-0.2, 0) is 0 Å². The lowest BCUT2D eigenvalue weighted by Gasteiger charge is -2.17. The number of hydrogen-bond donors (Lipinski definition) is 0. The molecule has 1 nitrogen and oxygen atoms in total. The van der Waals surface area contributed by atoms with Gasteiger partial charge in [-0.05, 0) is 38.7 Å². The first-order valence-electron chi connectivity index (χ1n) is 15.9. The molecule has 7 aromatic rings. The lowest BCUT2D eigenvalue weighted by molar-refractivity contribution is 0.670. The number of benzene rings is 6. The van der Waals surface area contributed by atoms with Gasteiger partial charge in [0.25, 0.3) is 0 Å². The zero-order chi connectivity index (χ0) is 31.4. The van der Waals surface area contributed by atoms with Crippen molar-refractivity contribution in [2.24, 2.45) is 0 Å². The van der Waals surface area contributed by atoms with Crippen LogP contribution in [0.2, 0.25) is 0 Å². The first-order chi connectivity index (χ1) is 21.0. The van der Waals surface area contributed by atoms with E-state index in [1.54, 1.807) is 54.6 Å². The molecule has 0 saturated heterocycles. The van der Waals surface area contributed by atoms with Crippen LogP contribution in [0.15, 0.2) is 125 Å². The molecule has 6 aromatic carbocycles. The largest absolute Gasteiger partial charge is 0.455 e. The van der Waals surface area contributed by atoms with Gasteiger partial charge in [-0.15, -0.1) is 0 Å². The van der Waals surface area contributed by atoms with E-state index >= 15 is 0 Å². The van der Waals surface area contributed by atoms with Crippen molar-refractivity contribution >= 4 is 43.5 Å². The van der Waals surface area contributed by atoms with E-state index in [1.165, 1.54) is 0 Å². The van der Waals surface area contributed by atoms with Crippen LogP contribution in [0, 0.1) is 0 Å². The van der Waals surface area contributed by atoms with E-state index in [0.29, 0.717) is 16.5 Å². The van der Waals surface area contributed by atoms with Crippen molar-refractivity contribution < 1.29 is 19.5 Å². The van der Waals surface area contributed by atoms with Crippen molar-refractivity contribution in [3.8, 4) is 22.3 Å². The molecule has 1 heterocycles. The summed E-state index contributed by atoms with van der Waals surface area (Å²) in [6, 6.07) is 10.2. The smallest absolute Gasteiger partial charge is 0.143 e. The van der Waals surface area contributed by atoms with Crippen molar-refractivity contribution in [1.82, 2.24) is 0 Å². The fraction of sp³-hybridized carbons (Fsp3) is 0. The average molecular weight is 432 g/mol. The van der Waals surface area contributed by atoms with Crippen molar-refractivity contribution in [1.29, 1.82) is 0 Å². The molecule has 0 spiro atoms. The number of furan rings is 1. The number of hydrogen-bond acceptors (Lipinski definition) is 1. The molecule has 33 heavy (non-hydrogen) atoms. The molecule has 7 rings (SSSR count). The molecule has 154 valence electrons. The third-order valence-electron chi connectivity index (χ3n) is 5.89. The maximum Gasteiger partial charge on any atom is 0.143 e. The summed E-state index contributed by atoms with van der Waals surface area (Å²) in [5.74, 6) is 0. The number of fused-ring (bicyclic) bond motifs is 5. The van der Waals surface area contributed by atoms with Crippen LogP contribution in [-0.4, -0.2) is 0 Å². The quantitative estimate of drug-likeness (QED) is 0.249. The minimum absolute atomic E-state index is 0.000118. The maximum absolute atomic E-state index is 9.09. The summed E-state index contributed by atoms with van der Waals surface area (Å²) >= 11 is 0. The zero-order valence-electron chi connectivity index (χ0n) is 28.1. The molecule has 0 aliphatic carbocycles. The summed E-state index contributed by atoms with van der Waals surface area (Å²) in [4.78, 5) is 0. The Morgan fingerprint density at radius 3 is 1.76 bits per heavy atom. The summed E-state index contributed by atoms with van der Waals surface area (Å²) in [5.41, 5.74) is 0.839. The van der Waals surface area contributed by atoms with E-state index in [2.05, 4.69) is 0 Å². The number of rotatable bonds is 2. The van der Waals surface area contributed by atoms with E-state index in [4.69, 9.17) is 19.5 Å². The molecule has 0 fully saturated rings. The molecule has 0 unspecified atom stereocenters. The molecule has 1 aromatic heterocycles.